The molecular formula is C11H16BrN5O. The highest BCUT2D eigenvalue weighted by Crippen LogP contribution is 2.28. The number of hydrogen-bond acceptors (Lipinski definition) is 5. The van der Waals surface area contributed by atoms with Crippen LogP contribution in [0.1, 0.15) is 12.8 Å². The number of nitrogens with zero attached hydrogens (tertiary/aromatic N) is 2. The molecule has 7 heteroatoms. The first kappa shape index (κ1) is 13.1. The molecule has 0 atom stereocenters. The second kappa shape index (κ2) is 5.99. The molecule has 0 unspecified atom stereocenters. The van der Waals surface area contributed by atoms with Crippen molar-refractivity contribution in [3.05, 3.63) is 10.8 Å². The van der Waals surface area contributed by atoms with Gasteiger partial charge in [0.1, 0.15) is 22.4 Å². The Kier molecular flexibility index (Phi) is 4.35. The van der Waals surface area contributed by atoms with Gasteiger partial charge in [-0.15, -0.1) is 0 Å². The van der Waals surface area contributed by atoms with Crippen LogP contribution in [0, 0.1) is 5.92 Å². The molecule has 0 spiro atoms. The van der Waals surface area contributed by atoms with Crippen LogP contribution in [0.15, 0.2) is 10.8 Å². The van der Waals surface area contributed by atoms with Gasteiger partial charge in [-0.25, -0.2) is 9.97 Å². The molecule has 1 aromatic heterocycles. The number of halogens is 1. The maximum absolute atomic E-state index is 11.4. The van der Waals surface area contributed by atoms with Gasteiger partial charge in [0.25, 0.3) is 0 Å². The number of carbonyl (C=O) groups excluding carboxylic acids is 1. The van der Waals surface area contributed by atoms with Gasteiger partial charge < -0.3 is 16.0 Å². The van der Waals surface area contributed by atoms with Gasteiger partial charge in [0, 0.05) is 26.1 Å². The standard InChI is InChI=1S/C11H16BrN5O/c1-13-9-8(12)10(17-6-16-9)14-4-5-15-11(18)7-2-3-7/h6-7H,2-5H2,1H3,(H,15,18)(H2,13,14,16,17). The number of anilines is 2. The monoisotopic (exact) mass is 313 g/mol. The number of carbonyl (C=O) groups is 1. The molecule has 6 nitrogen and oxygen atoms in total. The van der Waals surface area contributed by atoms with Crippen LogP contribution in [0.2, 0.25) is 0 Å². The predicted molar refractivity (Wildman–Crippen MR) is 73.5 cm³/mol. The van der Waals surface area contributed by atoms with E-state index in [1.165, 1.54) is 6.33 Å². The van der Waals surface area contributed by atoms with Gasteiger partial charge >= 0.3 is 0 Å². The van der Waals surface area contributed by atoms with Gasteiger partial charge in [-0.3, -0.25) is 4.79 Å². The zero-order valence-electron chi connectivity index (χ0n) is 10.2. The number of hydrogen-bond donors (Lipinski definition) is 3. The molecule has 18 heavy (non-hydrogen) atoms. The van der Waals surface area contributed by atoms with Crippen LogP contribution in [0.4, 0.5) is 11.6 Å². The second-order valence-corrected chi connectivity index (χ2v) is 4.92. The summed E-state index contributed by atoms with van der Waals surface area (Å²) in [7, 11) is 1.80. The minimum absolute atomic E-state index is 0.162. The van der Waals surface area contributed by atoms with Crippen LogP contribution >= 0.6 is 15.9 Å². The molecule has 1 aliphatic carbocycles. The van der Waals surface area contributed by atoms with Crippen LogP contribution < -0.4 is 16.0 Å². The molecule has 2 rings (SSSR count). The molecular weight excluding hydrogens is 298 g/mol. The Morgan fingerprint density at radius 2 is 2.11 bits per heavy atom. The Balaban J connectivity index is 1.77. The Hall–Kier alpha value is -1.37. The molecule has 0 aromatic carbocycles. The lowest BCUT2D eigenvalue weighted by molar-refractivity contribution is -0.122. The summed E-state index contributed by atoms with van der Waals surface area (Å²) in [5.41, 5.74) is 0. The number of nitrogens with one attached hydrogen (secondary N) is 3. The summed E-state index contributed by atoms with van der Waals surface area (Å²) in [5.74, 6) is 1.87. The summed E-state index contributed by atoms with van der Waals surface area (Å²) < 4.78 is 0.793. The minimum atomic E-state index is 0.162. The maximum Gasteiger partial charge on any atom is 0.223 e. The van der Waals surface area contributed by atoms with E-state index in [0.29, 0.717) is 13.1 Å². The quantitative estimate of drug-likeness (QED) is 0.688. The Bertz CT molecular complexity index is 435. The smallest absolute Gasteiger partial charge is 0.223 e. The van der Waals surface area contributed by atoms with Crippen molar-refractivity contribution in [2.75, 3.05) is 30.8 Å². The molecule has 0 radical (unpaired) electrons. The van der Waals surface area contributed by atoms with E-state index in [1.54, 1.807) is 7.05 Å². The lowest BCUT2D eigenvalue weighted by atomic mass is 10.4. The van der Waals surface area contributed by atoms with Crippen LogP contribution in [0.25, 0.3) is 0 Å². The average Bonchev–Trinajstić information content (AvgIpc) is 3.20. The summed E-state index contributed by atoms with van der Waals surface area (Å²) in [5, 5.41) is 9.00. The van der Waals surface area contributed by atoms with Crippen LogP contribution in [0.3, 0.4) is 0 Å². The van der Waals surface area contributed by atoms with Crippen molar-refractivity contribution in [3.8, 4) is 0 Å². The first-order valence-electron chi connectivity index (χ1n) is 5.92. The summed E-state index contributed by atoms with van der Waals surface area (Å²) in [6.07, 6.45) is 3.55. The van der Waals surface area contributed by atoms with E-state index in [0.717, 1.165) is 29.0 Å². The van der Waals surface area contributed by atoms with Gasteiger partial charge in [-0.2, -0.15) is 0 Å². The highest BCUT2D eigenvalue weighted by Gasteiger charge is 2.28. The number of rotatable bonds is 6. The Morgan fingerprint density at radius 3 is 2.78 bits per heavy atom. The lowest BCUT2D eigenvalue weighted by Gasteiger charge is -2.10. The molecule has 0 saturated heterocycles. The first-order chi connectivity index (χ1) is 8.72. The van der Waals surface area contributed by atoms with Gasteiger partial charge in [-0.1, -0.05) is 0 Å². The van der Waals surface area contributed by atoms with E-state index < -0.39 is 0 Å². The van der Waals surface area contributed by atoms with Gasteiger partial charge in [0.2, 0.25) is 5.91 Å². The van der Waals surface area contributed by atoms with E-state index in [9.17, 15) is 4.79 Å². The fourth-order valence-electron chi connectivity index (χ4n) is 1.52. The molecule has 1 heterocycles. The highest BCUT2D eigenvalue weighted by molar-refractivity contribution is 9.10. The summed E-state index contributed by atoms with van der Waals surface area (Å²) in [6.45, 7) is 1.23. The van der Waals surface area contributed by atoms with Gasteiger partial charge in [0.05, 0.1) is 0 Å². The van der Waals surface area contributed by atoms with Crippen molar-refractivity contribution < 1.29 is 4.79 Å². The molecule has 1 fully saturated rings. The Morgan fingerprint density at radius 1 is 1.39 bits per heavy atom. The summed E-state index contributed by atoms with van der Waals surface area (Å²) in [4.78, 5) is 19.6. The molecule has 1 aromatic rings. The van der Waals surface area contributed by atoms with Crippen molar-refractivity contribution in [2.45, 2.75) is 12.8 Å². The van der Waals surface area contributed by atoms with E-state index in [2.05, 4.69) is 41.8 Å². The number of amides is 1. The molecule has 0 aliphatic heterocycles. The predicted octanol–water partition coefficient (Wildman–Crippen LogP) is 1.22. The zero-order chi connectivity index (χ0) is 13.0. The third-order valence-corrected chi connectivity index (χ3v) is 3.44. The molecule has 1 aliphatic rings. The van der Waals surface area contributed by atoms with Crippen molar-refractivity contribution in [2.24, 2.45) is 5.92 Å². The molecule has 1 saturated carbocycles. The molecule has 98 valence electrons. The van der Waals surface area contributed by atoms with Crippen LogP contribution in [-0.4, -0.2) is 36.0 Å². The van der Waals surface area contributed by atoms with Crippen LogP contribution in [0.5, 0.6) is 0 Å². The normalized spacial score (nSPS) is 14.1. The minimum Gasteiger partial charge on any atom is -0.372 e. The largest absolute Gasteiger partial charge is 0.372 e. The molecule has 1 amide bonds. The topological polar surface area (TPSA) is 78.9 Å². The van der Waals surface area contributed by atoms with Crippen molar-refractivity contribution in [3.63, 3.8) is 0 Å². The highest BCUT2D eigenvalue weighted by atomic mass is 79.9. The SMILES string of the molecule is CNc1ncnc(NCCNC(=O)C2CC2)c1Br. The average molecular weight is 314 g/mol. The fraction of sp³-hybridized carbons (Fsp3) is 0.545. The van der Waals surface area contributed by atoms with E-state index in [-0.39, 0.29) is 11.8 Å². The molecule has 0 bridgehead atoms. The van der Waals surface area contributed by atoms with Gasteiger partial charge in [-0.05, 0) is 28.8 Å². The summed E-state index contributed by atoms with van der Waals surface area (Å²) in [6, 6.07) is 0. The first-order valence-corrected chi connectivity index (χ1v) is 6.71. The van der Waals surface area contributed by atoms with E-state index >= 15 is 0 Å². The second-order valence-electron chi connectivity index (χ2n) is 4.13. The van der Waals surface area contributed by atoms with E-state index in [4.69, 9.17) is 0 Å². The molecule has 3 N–H and O–H groups in total. The zero-order valence-corrected chi connectivity index (χ0v) is 11.7. The summed E-state index contributed by atoms with van der Waals surface area (Å²) >= 11 is 3.42. The van der Waals surface area contributed by atoms with Crippen molar-refractivity contribution >= 4 is 33.5 Å². The van der Waals surface area contributed by atoms with Crippen molar-refractivity contribution in [1.29, 1.82) is 0 Å². The third-order valence-electron chi connectivity index (χ3n) is 2.69. The van der Waals surface area contributed by atoms with E-state index in [1.807, 2.05) is 0 Å². The Labute approximate surface area is 114 Å². The lowest BCUT2D eigenvalue weighted by Crippen LogP contribution is -2.30. The third kappa shape index (κ3) is 3.32. The number of aromatic nitrogens is 2. The van der Waals surface area contributed by atoms with Gasteiger partial charge in [0.15, 0.2) is 0 Å². The van der Waals surface area contributed by atoms with Crippen LogP contribution in [-0.2, 0) is 4.79 Å². The maximum atomic E-state index is 11.4. The van der Waals surface area contributed by atoms with Crippen molar-refractivity contribution in [1.82, 2.24) is 15.3 Å². The fourth-order valence-corrected chi connectivity index (χ4v) is 2.07.